The molecule has 2 atom stereocenters. The first-order valence-electron chi connectivity index (χ1n) is 12.2. The van der Waals surface area contributed by atoms with Crippen molar-refractivity contribution in [1.82, 2.24) is 15.0 Å². The van der Waals surface area contributed by atoms with Crippen LogP contribution in [0.15, 0.2) is 41.8 Å². The van der Waals surface area contributed by atoms with E-state index in [0.717, 1.165) is 5.39 Å². The van der Waals surface area contributed by atoms with Crippen molar-refractivity contribution in [2.75, 3.05) is 19.0 Å². The van der Waals surface area contributed by atoms with E-state index in [4.69, 9.17) is 10.5 Å². The van der Waals surface area contributed by atoms with Crippen LogP contribution in [0.5, 0.6) is 5.75 Å². The molecular weight excluding hydrogens is 512 g/mol. The normalized spacial score (nSPS) is 24.4. The number of nitrogens with zero attached hydrogens (tertiary/aromatic N) is 4. The molecule has 0 aromatic carbocycles. The van der Waals surface area contributed by atoms with E-state index >= 15 is 4.39 Å². The van der Waals surface area contributed by atoms with E-state index in [1.807, 2.05) is 6.07 Å². The summed E-state index contributed by atoms with van der Waals surface area (Å²) in [6.07, 6.45) is 5.97. The van der Waals surface area contributed by atoms with E-state index < -0.39 is 44.4 Å². The SMILES string of the molecule is CC#CCOc1cnc2c(Cc3cnc(F)c([C@]4(C)CS(=O)(=O)[C@@](CF)(C5CC5)C(N)=N4)c3)nccc2c1. The van der Waals surface area contributed by atoms with Crippen molar-refractivity contribution < 1.29 is 21.9 Å². The van der Waals surface area contributed by atoms with Crippen LogP contribution in [0.3, 0.4) is 0 Å². The number of halogens is 2. The summed E-state index contributed by atoms with van der Waals surface area (Å²) in [4.78, 5) is 17.2. The summed E-state index contributed by atoms with van der Waals surface area (Å²) in [6.45, 7) is 2.32. The maximum absolute atomic E-state index is 15.0. The lowest BCUT2D eigenvalue weighted by Gasteiger charge is -2.40. The maximum atomic E-state index is 15.0. The van der Waals surface area contributed by atoms with Gasteiger partial charge in [-0.05, 0) is 56.4 Å². The van der Waals surface area contributed by atoms with E-state index in [2.05, 4.69) is 31.8 Å². The van der Waals surface area contributed by atoms with Crippen LogP contribution in [0.2, 0.25) is 0 Å². The highest BCUT2D eigenvalue weighted by Crippen LogP contribution is 2.49. The number of nitrogens with two attached hydrogens (primary N) is 1. The van der Waals surface area contributed by atoms with E-state index in [9.17, 15) is 12.8 Å². The summed E-state index contributed by atoms with van der Waals surface area (Å²) in [6, 6.07) is 5.16. The van der Waals surface area contributed by atoms with Gasteiger partial charge >= 0.3 is 0 Å². The molecule has 1 aliphatic carbocycles. The van der Waals surface area contributed by atoms with Crippen molar-refractivity contribution in [2.45, 2.75) is 43.4 Å². The highest BCUT2D eigenvalue weighted by atomic mass is 32.2. The molecule has 1 fully saturated rings. The lowest BCUT2D eigenvalue weighted by molar-refractivity contribution is 0.369. The van der Waals surface area contributed by atoms with Crippen LogP contribution < -0.4 is 10.5 Å². The minimum absolute atomic E-state index is 0.0225. The maximum Gasteiger partial charge on any atom is 0.218 e. The van der Waals surface area contributed by atoms with Gasteiger partial charge in [-0.1, -0.05) is 5.92 Å². The molecule has 5 rings (SSSR count). The van der Waals surface area contributed by atoms with Crippen LogP contribution in [0, 0.1) is 23.7 Å². The molecule has 1 saturated carbocycles. The Bertz CT molecular complexity index is 1610. The number of alkyl halides is 1. The van der Waals surface area contributed by atoms with Crippen LogP contribution in [0.1, 0.15) is 43.5 Å². The van der Waals surface area contributed by atoms with Gasteiger partial charge in [0.05, 0.1) is 23.2 Å². The van der Waals surface area contributed by atoms with Gasteiger partial charge in [0.1, 0.15) is 30.4 Å². The second-order valence-corrected chi connectivity index (χ2v) is 12.1. The Morgan fingerprint density at radius 1 is 1.21 bits per heavy atom. The minimum atomic E-state index is -4.07. The molecule has 0 amide bonds. The Labute approximate surface area is 219 Å². The number of hydrogen-bond acceptors (Lipinski definition) is 8. The van der Waals surface area contributed by atoms with E-state index in [0.29, 0.717) is 35.4 Å². The molecule has 0 radical (unpaired) electrons. The predicted octanol–water partition coefficient (Wildman–Crippen LogP) is 3.28. The zero-order valence-corrected chi connectivity index (χ0v) is 21.9. The van der Waals surface area contributed by atoms with Crippen molar-refractivity contribution >= 4 is 26.6 Å². The summed E-state index contributed by atoms with van der Waals surface area (Å²) in [5.41, 5.74) is 6.39. The fourth-order valence-electron chi connectivity index (χ4n) is 5.12. The largest absolute Gasteiger partial charge is 0.479 e. The number of fused-ring (bicyclic) bond motifs is 1. The average Bonchev–Trinajstić information content (AvgIpc) is 3.71. The molecule has 1 aliphatic heterocycles. The zero-order valence-electron chi connectivity index (χ0n) is 21.0. The standard InChI is InChI=1S/C27H27F2N5O3S/c1-3-4-9-37-20-12-18-7-8-31-22(23(18)32-14-20)11-17-10-21(24(29)33-13-17)26(2)16-38(35,36)27(15-28,19-5-6-19)25(30)34-26/h7-8,10,12-14,19H,5-6,9,11,15-16H2,1-2H3,(H2,30,34)/t26-,27-/m0/s1. The number of rotatable bonds is 7. The summed E-state index contributed by atoms with van der Waals surface area (Å²) >= 11 is 0. The Hall–Kier alpha value is -3.65. The predicted molar refractivity (Wildman–Crippen MR) is 140 cm³/mol. The second-order valence-electron chi connectivity index (χ2n) is 9.90. The Morgan fingerprint density at radius 2 is 2.00 bits per heavy atom. The Morgan fingerprint density at radius 3 is 2.68 bits per heavy atom. The average molecular weight is 540 g/mol. The molecule has 3 aromatic heterocycles. The minimum Gasteiger partial charge on any atom is -0.479 e. The number of pyridine rings is 3. The lowest BCUT2D eigenvalue weighted by Crippen LogP contribution is -2.61. The number of ether oxygens (including phenoxy) is 1. The molecule has 38 heavy (non-hydrogen) atoms. The topological polar surface area (TPSA) is 120 Å². The molecule has 2 aliphatic rings. The molecule has 0 saturated heterocycles. The smallest absolute Gasteiger partial charge is 0.218 e. The second kappa shape index (κ2) is 9.58. The van der Waals surface area contributed by atoms with Gasteiger partial charge in [-0.25, -0.2) is 17.8 Å². The zero-order chi connectivity index (χ0) is 27.1. The van der Waals surface area contributed by atoms with Crippen LogP contribution >= 0.6 is 0 Å². The summed E-state index contributed by atoms with van der Waals surface area (Å²) in [7, 11) is -4.07. The van der Waals surface area contributed by atoms with Crippen LogP contribution in [-0.4, -0.2) is 53.0 Å². The molecule has 0 bridgehead atoms. The van der Waals surface area contributed by atoms with E-state index in [1.54, 1.807) is 25.4 Å². The molecule has 2 N–H and O–H groups in total. The fourth-order valence-corrected chi connectivity index (χ4v) is 7.61. The van der Waals surface area contributed by atoms with Gasteiger partial charge in [0.15, 0.2) is 14.6 Å². The monoisotopic (exact) mass is 539 g/mol. The fraction of sp³-hybridized carbons (Fsp3) is 0.407. The van der Waals surface area contributed by atoms with Crippen LogP contribution in [-0.2, 0) is 21.8 Å². The number of aromatic nitrogens is 3. The van der Waals surface area contributed by atoms with Gasteiger partial charge < -0.3 is 10.5 Å². The van der Waals surface area contributed by atoms with Crippen molar-refractivity contribution in [3.8, 4) is 17.6 Å². The first-order valence-corrected chi connectivity index (χ1v) is 13.8. The molecule has 0 spiro atoms. The first kappa shape index (κ1) is 26.0. The third kappa shape index (κ3) is 4.36. The summed E-state index contributed by atoms with van der Waals surface area (Å²) < 4.78 is 59.7. The van der Waals surface area contributed by atoms with Crippen molar-refractivity contribution in [1.29, 1.82) is 0 Å². The number of amidine groups is 1. The molecule has 198 valence electrons. The van der Waals surface area contributed by atoms with Crippen molar-refractivity contribution in [3.05, 3.63) is 59.6 Å². The lowest BCUT2D eigenvalue weighted by atomic mass is 9.92. The summed E-state index contributed by atoms with van der Waals surface area (Å²) in [5, 5.41) is 0.803. The highest BCUT2D eigenvalue weighted by Gasteiger charge is 2.62. The highest BCUT2D eigenvalue weighted by molar-refractivity contribution is 7.93. The molecule has 8 nitrogen and oxygen atoms in total. The Balaban J connectivity index is 1.49. The molecular formula is C27H27F2N5O3S. The van der Waals surface area contributed by atoms with Gasteiger partial charge in [-0.2, -0.15) is 4.39 Å². The number of aliphatic imine (C=N–C) groups is 1. The third-order valence-corrected chi connectivity index (χ3v) is 9.95. The summed E-state index contributed by atoms with van der Waals surface area (Å²) in [5.74, 6) is 4.03. The number of sulfone groups is 1. The van der Waals surface area contributed by atoms with Gasteiger partial charge in [0.2, 0.25) is 5.95 Å². The molecule has 11 heteroatoms. The first-order chi connectivity index (χ1) is 18.1. The molecule has 3 aromatic rings. The van der Waals surface area contributed by atoms with Crippen LogP contribution in [0.25, 0.3) is 10.9 Å². The van der Waals surface area contributed by atoms with Gasteiger partial charge in [0, 0.05) is 29.8 Å². The van der Waals surface area contributed by atoms with E-state index in [-0.39, 0.29) is 24.4 Å². The number of hydrogen-bond donors (Lipinski definition) is 1. The Kier molecular flexibility index (Phi) is 6.55. The molecule has 0 unspecified atom stereocenters. The van der Waals surface area contributed by atoms with Gasteiger partial charge in [0.25, 0.3) is 0 Å². The van der Waals surface area contributed by atoms with E-state index in [1.165, 1.54) is 19.2 Å². The van der Waals surface area contributed by atoms with Crippen molar-refractivity contribution in [3.63, 3.8) is 0 Å². The van der Waals surface area contributed by atoms with Gasteiger partial charge in [-0.15, -0.1) is 5.92 Å². The van der Waals surface area contributed by atoms with Crippen LogP contribution in [0.4, 0.5) is 8.78 Å². The molecule has 4 heterocycles. The third-order valence-electron chi connectivity index (χ3n) is 7.25. The van der Waals surface area contributed by atoms with Crippen molar-refractivity contribution in [2.24, 2.45) is 16.6 Å². The quantitative estimate of drug-likeness (QED) is 0.361. The van der Waals surface area contributed by atoms with Gasteiger partial charge in [-0.3, -0.25) is 15.0 Å².